The number of carbonyl (C=O) groups is 2. The Morgan fingerprint density at radius 3 is 2.54 bits per heavy atom. The molecule has 1 fully saturated rings. The normalized spacial score (nSPS) is 20.9. The number of ether oxygens (including phenoxy) is 1. The summed E-state index contributed by atoms with van der Waals surface area (Å²) in [6, 6.07) is 1.60. The third-order valence-electron chi connectivity index (χ3n) is 4.30. The van der Waals surface area contributed by atoms with Crippen LogP contribution in [0.3, 0.4) is 0 Å². The molecule has 2 rings (SSSR count). The van der Waals surface area contributed by atoms with Crippen molar-refractivity contribution in [2.75, 3.05) is 18.6 Å². The van der Waals surface area contributed by atoms with Gasteiger partial charge in [-0.25, -0.2) is 13.6 Å². The molecule has 0 aromatic carbocycles. The van der Waals surface area contributed by atoms with Crippen molar-refractivity contribution in [1.82, 2.24) is 0 Å². The zero-order valence-electron chi connectivity index (χ0n) is 13.6. The van der Waals surface area contributed by atoms with Crippen molar-refractivity contribution in [1.29, 1.82) is 0 Å². The van der Waals surface area contributed by atoms with Gasteiger partial charge in [0, 0.05) is 5.92 Å². The Labute approximate surface area is 157 Å². The molecule has 134 valence electrons. The molecule has 0 N–H and O–H groups in total. The number of esters is 1. The van der Waals surface area contributed by atoms with E-state index >= 15 is 0 Å². The van der Waals surface area contributed by atoms with Gasteiger partial charge in [-0.3, -0.25) is 4.79 Å². The highest BCUT2D eigenvalue weighted by Crippen LogP contribution is 2.36. The summed E-state index contributed by atoms with van der Waals surface area (Å²) >= 11 is 3.15. The summed E-state index contributed by atoms with van der Waals surface area (Å²) < 4.78 is 31.6. The predicted octanol–water partition coefficient (Wildman–Crippen LogP) is 4.56. The fourth-order valence-electron chi connectivity index (χ4n) is 2.96. The maximum absolute atomic E-state index is 13.1. The molecule has 0 bridgehead atoms. The molecule has 0 spiro atoms. The number of alkyl halides is 2. The first-order chi connectivity index (χ1) is 11.3. The standard InChI is InChI=1S/C16H20F2INO3S/c1-9-3-5-10(6-4-9)15(21)20(8-12(17)18)11-7-13(19)24-14(11)16(22)23-2/h7,9-10,12H,3-6,8H2,1-2H3. The van der Waals surface area contributed by atoms with Crippen LogP contribution in [0.1, 0.15) is 42.3 Å². The Morgan fingerprint density at radius 1 is 1.38 bits per heavy atom. The second-order valence-corrected chi connectivity index (χ2v) is 9.00. The van der Waals surface area contributed by atoms with Crippen LogP contribution < -0.4 is 4.90 Å². The Bertz CT molecular complexity index is 600. The van der Waals surface area contributed by atoms with Gasteiger partial charge < -0.3 is 9.64 Å². The number of rotatable bonds is 5. The molecular formula is C16H20F2INO3S. The lowest BCUT2D eigenvalue weighted by Crippen LogP contribution is -2.41. The molecule has 1 aromatic heterocycles. The average Bonchev–Trinajstić information content (AvgIpc) is 2.93. The Morgan fingerprint density at radius 2 is 2.00 bits per heavy atom. The summed E-state index contributed by atoms with van der Waals surface area (Å²) in [5.74, 6) is -0.628. The van der Waals surface area contributed by atoms with E-state index in [9.17, 15) is 18.4 Å². The topological polar surface area (TPSA) is 46.6 Å². The van der Waals surface area contributed by atoms with Gasteiger partial charge in [-0.2, -0.15) is 0 Å². The van der Waals surface area contributed by atoms with Crippen LogP contribution in [0.5, 0.6) is 0 Å². The zero-order valence-corrected chi connectivity index (χ0v) is 16.5. The molecule has 4 nitrogen and oxygen atoms in total. The van der Waals surface area contributed by atoms with Crippen molar-refractivity contribution >= 4 is 51.5 Å². The molecule has 1 amide bonds. The monoisotopic (exact) mass is 471 g/mol. The zero-order chi connectivity index (χ0) is 17.9. The molecule has 0 unspecified atom stereocenters. The number of carbonyl (C=O) groups excluding carboxylic acids is 2. The van der Waals surface area contributed by atoms with Crippen molar-refractivity contribution in [3.63, 3.8) is 0 Å². The van der Waals surface area contributed by atoms with E-state index in [2.05, 4.69) is 6.92 Å². The van der Waals surface area contributed by atoms with Crippen LogP contribution in [0.4, 0.5) is 14.5 Å². The minimum absolute atomic E-state index is 0.195. The first-order valence-corrected chi connectivity index (χ1v) is 9.70. The highest BCUT2D eigenvalue weighted by Gasteiger charge is 2.33. The highest BCUT2D eigenvalue weighted by atomic mass is 127. The molecule has 0 aliphatic heterocycles. The molecule has 1 aromatic rings. The SMILES string of the molecule is COC(=O)c1sc(I)cc1N(CC(F)F)C(=O)C1CCC(C)CC1. The van der Waals surface area contributed by atoms with Crippen LogP contribution in [0.2, 0.25) is 0 Å². The lowest BCUT2D eigenvalue weighted by atomic mass is 9.82. The lowest BCUT2D eigenvalue weighted by molar-refractivity contribution is -0.124. The second-order valence-electron chi connectivity index (χ2n) is 6.05. The Kier molecular flexibility index (Phi) is 6.97. The third kappa shape index (κ3) is 4.65. The van der Waals surface area contributed by atoms with E-state index in [1.54, 1.807) is 6.07 Å². The third-order valence-corrected chi connectivity index (χ3v) is 6.16. The number of thiophene rings is 1. The lowest BCUT2D eigenvalue weighted by Gasteiger charge is -2.31. The summed E-state index contributed by atoms with van der Waals surface area (Å²) in [5.41, 5.74) is 0.236. The van der Waals surface area contributed by atoms with Gasteiger partial charge >= 0.3 is 5.97 Å². The van der Waals surface area contributed by atoms with Crippen molar-refractivity contribution in [2.24, 2.45) is 11.8 Å². The van der Waals surface area contributed by atoms with Gasteiger partial charge in [-0.1, -0.05) is 6.92 Å². The maximum atomic E-state index is 13.1. The summed E-state index contributed by atoms with van der Waals surface area (Å²) in [4.78, 5) is 26.1. The van der Waals surface area contributed by atoms with Crippen molar-refractivity contribution < 1.29 is 23.1 Å². The van der Waals surface area contributed by atoms with Gasteiger partial charge in [0.2, 0.25) is 5.91 Å². The molecule has 0 radical (unpaired) electrons. The molecule has 1 aliphatic rings. The van der Waals surface area contributed by atoms with Crippen LogP contribution in [-0.4, -0.2) is 32.0 Å². The Balaban J connectivity index is 2.31. The van der Waals surface area contributed by atoms with Crippen LogP contribution in [0.15, 0.2) is 6.07 Å². The van der Waals surface area contributed by atoms with Gasteiger partial charge in [-0.05, 0) is 60.3 Å². The summed E-state index contributed by atoms with van der Waals surface area (Å²) in [7, 11) is 1.24. The van der Waals surface area contributed by atoms with Crippen LogP contribution in [-0.2, 0) is 9.53 Å². The van der Waals surface area contributed by atoms with Crippen molar-refractivity contribution in [3.8, 4) is 0 Å². The second kappa shape index (κ2) is 8.55. The summed E-state index contributed by atoms with van der Waals surface area (Å²) in [6.07, 6.45) is 0.580. The fourth-order valence-corrected chi connectivity index (χ4v) is 4.73. The van der Waals surface area contributed by atoms with Gasteiger partial charge in [0.15, 0.2) is 0 Å². The van der Waals surface area contributed by atoms with E-state index in [1.165, 1.54) is 7.11 Å². The summed E-state index contributed by atoms with van der Waals surface area (Å²) in [5, 5.41) is 0. The number of anilines is 1. The smallest absolute Gasteiger partial charge is 0.350 e. The first-order valence-electron chi connectivity index (χ1n) is 7.80. The molecule has 0 saturated heterocycles. The number of halogens is 3. The number of hydrogen-bond donors (Lipinski definition) is 0. The molecule has 24 heavy (non-hydrogen) atoms. The average molecular weight is 471 g/mol. The van der Waals surface area contributed by atoms with Crippen LogP contribution in [0, 0.1) is 14.7 Å². The minimum Gasteiger partial charge on any atom is -0.465 e. The number of nitrogens with zero attached hydrogens (tertiary/aromatic N) is 1. The van der Waals surface area contributed by atoms with Gasteiger partial charge in [0.1, 0.15) is 4.88 Å². The van der Waals surface area contributed by atoms with E-state index in [4.69, 9.17) is 4.74 Å². The molecule has 1 aliphatic carbocycles. The van der Waals surface area contributed by atoms with E-state index < -0.39 is 18.9 Å². The number of methoxy groups -OCH3 is 1. The molecular weight excluding hydrogens is 451 g/mol. The quantitative estimate of drug-likeness (QED) is 0.467. The van der Waals surface area contributed by atoms with E-state index in [0.29, 0.717) is 18.8 Å². The van der Waals surface area contributed by atoms with Gasteiger partial charge in [-0.15, -0.1) is 11.3 Å². The van der Waals surface area contributed by atoms with Crippen LogP contribution >= 0.6 is 33.9 Å². The predicted molar refractivity (Wildman–Crippen MR) is 97.9 cm³/mol. The number of amides is 1. The van der Waals surface area contributed by atoms with Gasteiger partial charge in [0.05, 0.1) is 22.2 Å². The van der Waals surface area contributed by atoms with Gasteiger partial charge in [0.25, 0.3) is 6.43 Å². The summed E-state index contributed by atoms with van der Waals surface area (Å²) in [6.45, 7) is 1.43. The molecule has 1 heterocycles. The molecule has 8 heteroatoms. The highest BCUT2D eigenvalue weighted by molar-refractivity contribution is 14.1. The largest absolute Gasteiger partial charge is 0.465 e. The molecule has 0 atom stereocenters. The van der Waals surface area contributed by atoms with E-state index in [1.807, 2.05) is 22.6 Å². The number of hydrogen-bond acceptors (Lipinski definition) is 4. The fraction of sp³-hybridized carbons (Fsp3) is 0.625. The van der Waals surface area contributed by atoms with Crippen molar-refractivity contribution in [2.45, 2.75) is 39.0 Å². The van der Waals surface area contributed by atoms with E-state index in [-0.39, 0.29) is 22.4 Å². The Hall–Kier alpha value is -0.770. The van der Waals surface area contributed by atoms with E-state index in [0.717, 1.165) is 32.0 Å². The minimum atomic E-state index is -2.67. The van der Waals surface area contributed by atoms with Crippen molar-refractivity contribution in [3.05, 3.63) is 13.8 Å². The molecule has 1 saturated carbocycles. The first kappa shape index (κ1) is 19.6. The maximum Gasteiger partial charge on any atom is 0.350 e. The van der Waals surface area contributed by atoms with Crippen LogP contribution in [0.25, 0.3) is 0 Å².